The van der Waals surface area contributed by atoms with Crippen LogP contribution in [0.2, 0.25) is 0 Å². The van der Waals surface area contributed by atoms with Crippen molar-refractivity contribution >= 4 is 5.91 Å². The van der Waals surface area contributed by atoms with Crippen molar-refractivity contribution in [3.8, 4) is 0 Å². The topological polar surface area (TPSA) is 75.4 Å². The normalized spacial score (nSPS) is 46.0. The largest absolute Gasteiger partial charge is 0.391 e. The molecule has 3 aliphatic rings. The Hall–Kier alpha value is -0.610. The van der Waals surface area contributed by atoms with Gasteiger partial charge in [0, 0.05) is 6.04 Å². The molecule has 0 saturated heterocycles. The van der Waals surface area contributed by atoms with Crippen LogP contribution in [0.3, 0.4) is 0 Å². The molecule has 4 nitrogen and oxygen atoms in total. The molecule has 4 N–H and O–H groups in total. The molecule has 1 amide bonds. The molecule has 4 heteroatoms. The molecule has 0 aromatic heterocycles. The summed E-state index contributed by atoms with van der Waals surface area (Å²) in [7, 11) is 0. The number of fused-ring (bicyclic) bond motifs is 2. The van der Waals surface area contributed by atoms with E-state index in [9.17, 15) is 9.90 Å². The fraction of sp³-hybridized carbons (Fsp3) is 0.933. The summed E-state index contributed by atoms with van der Waals surface area (Å²) in [4.78, 5) is 12.5. The summed E-state index contributed by atoms with van der Waals surface area (Å²) in [6.45, 7) is 0. The predicted octanol–water partition coefficient (Wildman–Crippen LogP) is 1.17. The number of rotatable bonds is 2. The maximum Gasteiger partial charge on any atom is 0.225 e. The quantitative estimate of drug-likeness (QED) is 0.657. The Morgan fingerprint density at radius 1 is 1.05 bits per heavy atom. The van der Waals surface area contributed by atoms with Gasteiger partial charge in [-0.1, -0.05) is 19.3 Å². The molecule has 6 unspecified atom stereocenters. The molecule has 2 bridgehead atoms. The highest BCUT2D eigenvalue weighted by Crippen LogP contribution is 2.47. The number of hydrogen-bond acceptors (Lipinski definition) is 3. The number of carbonyl (C=O) groups excluding carboxylic acids is 1. The Kier molecular flexibility index (Phi) is 3.81. The number of hydrogen-bond donors (Lipinski definition) is 3. The number of carbonyl (C=O) groups is 1. The zero-order chi connectivity index (χ0) is 13.4. The van der Waals surface area contributed by atoms with Crippen molar-refractivity contribution in [1.82, 2.24) is 5.32 Å². The van der Waals surface area contributed by atoms with E-state index in [0.717, 1.165) is 44.9 Å². The molecule has 108 valence electrons. The van der Waals surface area contributed by atoms with Crippen LogP contribution in [0.25, 0.3) is 0 Å². The van der Waals surface area contributed by atoms with Gasteiger partial charge in [0.15, 0.2) is 0 Å². The standard InChI is InChI=1S/C15H26N2O2/c16-14-10-7-6-9(8-10)13(14)15(19)17-11-4-2-1-3-5-12(11)18/h9-14,18H,1-8,16H2,(H,17,19). The second-order valence-corrected chi connectivity index (χ2v) is 6.76. The molecule has 6 atom stereocenters. The third kappa shape index (κ3) is 2.52. The van der Waals surface area contributed by atoms with Crippen LogP contribution in [0.5, 0.6) is 0 Å². The Morgan fingerprint density at radius 2 is 1.79 bits per heavy atom. The monoisotopic (exact) mass is 266 g/mol. The molecular weight excluding hydrogens is 240 g/mol. The average Bonchev–Trinajstić information content (AvgIpc) is 2.91. The van der Waals surface area contributed by atoms with Gasteiger partial charge >= 0.3 is 0 Å². The summed E-state index contributed by atoms with van der Waals surface area (Å²) in [5.41, 5.74) is 6.21. The molecule has 0 aromatic rings. The maximum atomic E-state index is 12.5. The molecule has 3 saturated carbocycles. The van der Waals surface area contributed by atoms with Gasteiger partial charge in [-0.2, -0.15) is 0 Å². The summed E-state index contributed by atoms with van der Waals surface area (Å²) >= 11 is 0. The molecule has 3 rings (SSSR count). The second kappa shape index (κ2) is 5.41. The van der Waals surface area contributed by atoms with E-state index in [-0.39, 0.29) is 30.0 Å². The third-order valence-corrected chi connectivity index (χ3v) is 5.59. The van der Waals surface area contributed by atoms with Crippen LogP contribution in [-0.4, -0.2) is 29.2 Å². The lowest BCUT2D eigenvalue weighted by Gasteiger charge is -2.30. The van der Waals surface area contributed by atoms with Gasteiger partial charge in [0.05, 0.1) is 18.1 Å². The number of nitrogens with one attached hydrogen (secondary N) is 1. The molecule has 3 aliphatic carbocycles. The summed E-state index contributed by atoms with van der Waals surface area (Å²) < 4.78 is 0. The van der Waals surface area contributed by atoms with E-state index in [1.807, 2.05) is 0 Å². The van der Waals surface area contributed by atoms with Crippen molar-refractivity contribution in [1.29, 1.82) is 0 Å². The summed E-state index contributed by atoms with van der Waals surface area (Å²) in [6, 6.07) is -0.0111. The molecule has 0 radical (unpaired) electrons. The number of aliphatic hydroxyl groups excluding tert-OH is 1. The van der Waals surface area contributed by atoms with E-state index in [1.54, 1.807) is 0 Å². The van der Waals surface area contributed by atoms with E-state index >= 15 is 0 Å². The van der Waals surface area contributed by atoms with Crippen molar-refractivity contribution in [2.24, 2.45) is 23.5 Å². The van der Waals surface area contributed by atoms with Crippen molar-refractivity contribution in [3.63, 3.8) is 0 Å². The van der Waals surface area contributed by atoms with E-state index in [2.05, 4.69) is 5.32 Å². The fourth-order valence-electron chi connectivity index (χ4n) is 4.46. The van der Waals surface area contributed by atoms with Crippen molar-refractivity contribution < 1.29 is 9.90 Å². The van der Waals surface area contributed by atoms with Gasteiger partial charge in [-0.25, -0.2) is 0 Å². The van der Waals surface area contributed by atoms with Gasteiger partial charge in [0.2, 0.25) is 5.91 Å². The zero-order valence-electron chi connectivity index (χ0n) is 11.6. The summed E-state index contributed by atoms with van der Waals surface area (Å²) in [6.07, 6.45) is 8.17. The minimum atomic E-state index is -0.374. The highest BCUT2D eigenvalue weighted by Gasteiger charge is 2.49. The summed E-state index contributed by atoms with van der Waals surface area (Å²) in [5, 5.41) is 13.2. The van der Waals surface area contributed by atoms with Gasteiger partial charge in [-0.05, 0) is 43.9 Å². The van der Waals surface area contributed by atoms with Crippen molar-refractivity contribution in [3.05, 3.63) is 0 Å². The van der Waals surface area contributed by atoms with Crippen molar-refractivity contribution in [2.45, 2.75) is 69.6 Å². The van der Waals surface area contributed by atoms with Gasteiger partial charge in [0.1, 0.15) is 0 Å². The molecular formula is C15H26N2O2. The summed E-state index contributed by atoms with van der Waals surface area (Å²) in [5.74, 6) is 1.14. The first-order chi connectivity index (χ1) is 9.16. The number of amides is 1. The Balaban J connectivity index is 1.61. The third-order valence-electron chi connectivity index (χ3n) is 5.59. The first-order valence-corrected chi connectivity index (χ1v) is 7.91. The van der Waals surface area contributed by atoms with Crippen LogP contribution < -0.4 is 11.1 Å². The lowest BCUT2D eigenvalue weighted by molar-refractivity contribution is -0.128. The SMILES string of the molecule is NC1C2CCC(C2)C1C(=O)NC1CCCCCC1O. The van der Waals surface area contributed by atoms with Crippen LogP contribution >= 0.6 is 0 Å². The highest BCUT2D eigenvalue weighted by molar-refractivity contribution is 5.80. The van der Waals surface area contributed by atoms with E-state index in [1.165, 1.54) is 6.42 Å². The maximum absolute atomic E-state index is 12.5. The van der Waals surface area contributed by atoms with Crippen molar-refractivity contribution in [2.75, 3.05) is 0 Å². The van der Waals surface area contributed by atoms with Gasteiger partial charge in [0.25, 0.3) is 0 Å². The average molecular weight is 266 g/mol. The highest BCUT2D eigenvalue weighted by atomic mass is 16.3. The van der Waals surface area contributed by atoms with Crippen LogP contribution in [0.15, 0.2) is 0 Å². The Morgan fingerprint density at radius 3 is 2.53 bits per heavy atom. The lowest BCUT2D eigenvalue weighted by Crippen LogP contribution is -2.50. The van der Waals surface area contributed by atoms with Crippen LogP contribution in [0.4, 0.5) is 0 Å². The molecule has 19 heavy (non-hydrogen) atoms. The smallest absolute Gasteiger partial charge is 0.225 e. The Bertz CT molecular complexity index is 345. The molecule has 0 spiro atoms. The van der Waals surface area contributed by atoms with Crippen LogP contribution in [0.1, 0.15) is 51.4 Å². The van der Waals surface area contributed by atoms with Gasteiger partial charge in [-0.15, -0.1) is 0 Å². The first kappa shape index (κ1) is 13.4. The number of aliphatic hydroxyl groups is 1. The lowest BCUT2D eigenvalue weighted by atomic mass is 9.84. The van der Waals surface area contributed by atoms with Crippen LogP contribution in [0, 0.1) is 17.8 Å². The van der Waals surface area contributed by atoms with Gasteiger partial charge < -0.3 is 16.2 Å². The molecule has 0 aliphatic heterocycles. The molecule has 0 aromatic carbocycles. The minimum Gasteiger partial charge on any atom is -0.391 e. The molecule has 3 fully saturated rings. The second-order valence-electron chi connectivity index (χ2n) is 6.76. The minimum absolute atomic E-state index is 0.00537. The van der Waals surface area contributed by atoms with E-state index < -0.39 is 0 Å². The predicted molar refractivity (Wildman–Crippen MR) is 73.3 cm³/mol. The van der Waals surface area contributed by atoms with E-state index in [4.69, 9.17) is 5.73 Å². The molecule has 0 heterocycles. The first-order valence-electron chi connectivity index (χ1n) is 7.91. The Labute approximate surface area is 115 Å². The number of nitrogens with two attached hydrogens (primary N) is 1. The van der Waals surface area contributed by atoms with Crippen LogP contribution in [-0.2, 0) is 4.79 Å². The van der Waals surface area contributed by atoms with E-state index in [0.29, 0.717) is 11.8 Å². The van der Waals surface area contributed by atoms with Gasteiger partial charge in [-0.3, -0.25) is 4.79 Å². The fourth-order valence-corrected chi connectivity index (χ4v) is 4.46. The zero-order valence-corrected chi connectivity index (χ0v) is 11.6.